The van der Waals surface area contributed by atoms with Crippen molar-refractivity contribution in [1.82, 2.24) is 15.8 Å². The lowest BCUT2D eigenvalue weighted by Crippen LogP contribution is -2.50. The van der Waals surface area contributed by atoms with Crippen LogP contribution in [0.2, 0.25) is 0 Å². The molecule has 1 aromatic carbocycles. The van der Waals surface area contributed by atoms with Crippen molar-refractivity contribution < 1.29 is 23.9 Å². The van der Waals surface area contributed by atoms with Crippen molar-refractivity contribution >= 4 is 17.8 Å². The van der Waals surface area contributed by atoms with E-state index in [9.17, 15) is 14.4 Å². The number of likely N-dealkylation sites (tertiary alicyclic amines) is 1. The second kappa shape index (κ2) is 9.11. The first-order valence-electron chi connectivity index (χ1n) is 8.81. The number of nitrogens with two attached hydrogens (primary N) is 1. The number of benzene rings is 1. The molecule has 1 aromatic rings. The third-order valence-corrected chi connectivity index (χ3v) is 4.19. The van der Waals surface area contributed by atoms with Gasteiger partial charge in [0.2, 0.25) is 5.91 Å². The number of hydrogen-bond acceptors (Lipinski definition) is 5. The standard InChI is InChI=1S/C18H26N4O5/c1-11(2)27-14-7-6-12(9-15(14)26-3)16(23)20-21-17(24)13-5-4-8-22(10-13)18(19)25/h6-7,9,11,13H,4-5,8,10H2,1-3H3,(H2,19,25)(H,20,23)(H,21,24)/t13-/m0/s1. The van der Waals surface area contributed by atoms with Crippen molar-refractivity contribution in [2.75, 3.05) is 20.2 Å². The van der Waals surface area contributed by atoms with Crippen LogP contribution in [-0.2, 0) is 4.79 Å². The number of nitrogens with zero attached hydrogens (tertiary/aromatic N) is 1. The summed E-state index contributed by atoms with van der Waals surface area (Å²) in [6, 6.07) is 4.21. The molecule has 1 aliphatic heterocycles. The third-order valence-electron chi connectivity index (χ3n) is 4.19. The van der Waals surface area contributed by atoms with Crippen LogP contribution in [0.5, 0.6) is 11.5 Å². The SMILES string of the molecule is COc1cc(C(=O)NNC(=O)[C@H]2CCCN(C(N)=O)C2)ccc1OC(C)C. The predicted molar refractivity (Wildman–Crippen MR) is 98.2 cm³/mol. The highest BCUT2D eigenvalue weighted by Gasteiger charge is 2.27. The average molecular weight is 378 g/mol. The molecule has 1 aliphatic rings. The Balaban J connectivity index is 1.95. The van der Waals surface area contributed by atoms with Gasteiger partial charge in [-0.15, -0.1) is 0 Å². The summed E-state index contributed by atoms with van der Waals surface area (Å²) in [5, 5.41) is 0. The minimum absolute atomic E-state index is 0.0340. The van der Waals surface area contributed by atoms with E-state index in [0.29, 0.717) is 36.4 Å². The minimum Gasteiger partial charge on any atom is -0.493 e. The quantitative estimate of drug-likeness (QED) is 0.661. The zero-order valence-corrected chi connectivity index (χ0v) is 15.8. The Bertz CT molecular complexity index is 707. The molecule has 9 heteroatoms. The Morgan fingerprint density at radius 2 is 1.96 bits per heavy atom. The summed E-state index contributed by atoms with van der Waals surface area (Å²) in [5.74, 6) is -0.307. The van der Waals surface area contributed by atoms with E-state index in [1.807, 2.05) is 13.8 Å². The maximum Gasteiger partial charge on any atom is 0.314 e. The van der Waals surface area contributed by atoms with Gasteiger partial charge in [0.25, 0.3) is 5.91 Å². The van der Waals surface area contributed by atoms with Crippen molar-refractivity contribution in [2.24, 2.45) is 11.7 Å². The van der Waals surface area contributed by atoms with Gasteiger partial charge in [0, 0.05) is 18.7 Å². The van der Waals surface area contributed by atoms with E-state index in [2.05, 4.69) is 10.9 Å². The van der Waals surface area contributed by atoms with E-state index >= 15 is 0 Å². The predicted octanol–water partition coefficient (Wildman–Crippen LogP) is 1.03. The van der Waals surface area contributed by atoms with Crippen molar-refractivity contribution in [3.05, 3.63) is 23.8 Å². The summed E-state index contributed by atoms with van der Waals surface area (Å²) in [4.78, 5) is 37.2. The molecule has 1 saturated heterocycles. The van der Waals surface area contributed by atoms with Crippen LogP contribution < -0.4 is 26.1 Å². The summed E-state index contributed by atoms with van der Waals surface area (Å²) in [7, 11) is 1.49. The largest absolute Gasteiger partial charge is 0.493 e. The van der Waals surface area contributed by atoms with E-state index in [4.69, 9.17) is 15.2 Å². The molecule has 0 aromatic heterocycles. The van der Waals surface area contributed by atoms with Crippen LogP contribution in [0.25, 0.3) is 0 Å². The normalized spacial score (nSPS) is 16.6. The summed E-state index contributed by atoms with van der Waals surface area (Å²) in [5.41, 5.74) is 10.4. The molecule has 0 aliphatic carbocycles. The first kappa shape index (κ1) is 20.3. The highest BCUT2D eigenvalue weighted by Crippen LogP contribution is 2.28. The molecule has 2 rings (SSSR count). The van der Waals surface area contributed by atoms with Gasteiger partial charge in [0.15, 0.2) is 11.5 Å². The summed E-state index contributed by atoms with van der Waals surface area (Å²) in [6.07, 6.45) is 1.28. The van der Waals surface area contributed by atoms with Crippen molar-refractivity contribution in [3.8, 4) is 11.5 Å². The Labute approximate surface area is 158 Å². The number of ether oxygens (including phenoxy) is 2. The molecule has 1 atom stereocenters. The Morgan fingerprint density at radius 1 is 1.22 bits per heavy atom. The molecule has 148 valence electrons. The van der Waals surface area contributed by atoms with Crippen LogP contribution in [0.1, 0.15) is 37.0 Å². The van der Waals surface area contributed by atoms with Gasteiger partial charge >= 0.3 is 6.03 Å². The van der Waals surface area contributed by atoms with Gasteiger partial charge in [-0.1, -0.05) is 0 Å². The van der Waals surface area contributed by atoms with Gasteiger partial charge < -0.3 is 20.1 Å². The second-order valence-corrected chi connectivity index (χ2v) is 6.60. The Morgan fingerprint density at radius 3 is 2.59 bits per heavy atom. The van der Waals surface area contributed by atoms with Crippen LogP contribution in [0.15, 0.2) is 18.2 Å². The fourth-order valence-electron chi connectivity index (χ4n) is 2.84. The number of urea groups is 1. The highest BCUT2D eigenvalue weighted by molar-refractivity contribution is 5.96. The number of piperidine rings is 1. The van der Waals surface area contributed by atoms with E-state index < -0.39 is 17.9 Å². The number of hydrazine groups is 1. The second-order valence-electron chi connectivity index (χ2n) is 6.60. The third kappa shape index (κ3) is 5.50. The lowest BCUT2D eigenvalue weighted by molar-refractivity contribution is -0.127. The van der Waals surface area contributed by atoms with Crippen molar-refractivity contribution in [2.45, 2.75) is 32.8 Å². The van der Waals surface area contributed by atoms with Gasteiger partial charge in [-0.05, 0) is 44.9 Å². The number of primary amides is 1. The summed E-state index contributed by atoms with van der Waals surface area (Å²) < 4.78 is 10.9. The Hall–Kier alpha value is -2.97. The fraction of sp³-hybridized carbons (Fsp3) is 0.500. The molecule has 4 N–H and O–H groups in total. The molecule has 0 bridgehead atoms. The molecule has 0 spiro atoms. The number of amides is 4. The van der Waals surface area contributed by atoms with Gasteiger partial charge in [-0.2, -0.15) is 0 Å². The highest BCUT2D eigenvalue weighted by atomic mass is 16.5. The number of hydrogen-bond donors (Lipinski definition) is 3. The van der Waals surface area contributed by atoms with Crippen LogP contribution in [0, 0.1) is 5.92 Å². The maximum absolute atomic E-state index is 12.3. The van der Waals surface area contributed by atoms with Gasteiger partial charge in [-0.3, -0.25) is 20.4 Å². The molecule has 9 nitrogen and oxygen atoms in total. The topological polar surface area (TPSA) is 123 Å². The summed E-state index contributed by atoms with van der Waals surface area (Å²) >= 11 is 0. The molecular weight excluding hydrogens is 352 g/mol. The maximum atomic E-state index is 12.3. The smallest absolute Gasteiger partial charge is 0.314 e. The molecule has 27 heavy (non-hydrogen) atoms. The van der Waals surface area contributed by atoms with E-state index in [0.717, 1.165) is 0 Å². The van der Waals surface area contributed by atoms with Crippen molar-refractivity contribution in [1.29, 1.82) is 0 Å². The van der Waals surface area contributed by atoms with Crippen LogP contribution in [0.4, 0.5) is 4.79 Å². The van der Waals surface area contributed by atoms with E-state index in [1.165, 1.54) is 18.1 Å². The van der Waals surface area contributed by atoms with Crippen LogP contribution in [0.3, 0.4) is 0 Å². The molecule has 4 amide bonds. The average Bonchev–Trinajstić information content (AvgIpc) is 2.65. The molecule has 0 unspecified atom stereocenters. The number of carbonyl (C=O) groups excluding carboxylic acids is 3. The van der Waals surface area contributed by atoms with Crippen molar-refractivity contribution in [3.63, 3.8) is 0 Å². The molecule has 1 fully saturated rings. The minimum atomic E-state index is -0.549. The zero-order valence-electron chi connectivity index (χ0n) is 15.8. The van der Waals surface area contributed by atoms with Gasteiger partial charge in [-0.25, -0.2) is 4.79 Å². The lowest BCUT2D eigenvalue weighted by atomic mass is 9.98. The van der Waals surface area contributed by atoms with E-state index in [-0.39, 0.29) is 18.6 Å². The molecule has 1 heterocycles. The lowest BCUT2D eigenvalue weighted by Gasteiger charge is -2.30. The number of rotatable bonds is 5. The van der Waals surface area contributed by atoms with Gasteiger partial charge in [0.1, 0.15) is 0 Å². The number of methoxy groups -OCH3 is 1. The van der Waals surface area contributed by atoms with Crippen LogP contribution in [-0.4, -0.2) is 49.0 Å². The first-order valence-corrected chi connectivity index (χ1v) is 8.81. The zero-order chi connectivity index (χ0) is 20.0. The number of nitrogens with one attached hydrogen (secondary N) is 2. The summed E-state index contributed by atoms with van der Waals surface area (Å²) in [6.45, 7) is 4.56. The molecule has 0 saturated carbocycles. The van der Waals surface area contributed by atoms with E-state index in [1.54, 1.807) is 12.1 Å². The fourth-order valence-corrected chi connectivity index (χ4v) is 2.84. The van der Waals surface area contributed by atoms with Crippen LogP contribution >= 0.6 is 0 Å². The van der Waals surface area contributed by atoms with Gasteiger partial charge in [0.05, 0.1) is 19.1 Å². The molecule has 0 radical (unpaired) electrons. The monoisotopic (exact) mass is 378 g/mol. The number of carbonyl (C=O) groups is 3. The Kier molecular flexibility index (Phi) is 6.86. The first-order chi connectivity index (χ1) is 12.8. The molecular formula is C18H26N4O5.